The van der Waals surface area contributed by atoms with Gasteiger partial charge < -0.3 is 10.0 Å². The molecule has 4 rings (SSSR count). The number of carboxylic acids is 1. The number of carboxylic acid groups (broad SMARTS) is 1. The number of halogens is 5. The number of carbonyl (C=O) groups excluding carboxylic acids is 1. The van der Waals surface area contributed by atoms with E-state index in [4.69, 9.17) is 22.0 Å². The third-order valence-electron chi connectivity index (χ3n) is 5.72. The lowest BCUT2D eigenvalue weighted by Gasteiger charge is -2.15. The molecule has 0 aliphatic rings. The van der Waals surface area contributed by atoms with Crippen LogP contribution in [-0.2, 0) is 6.18 Å². The van der Waals surface area contributed by atoms with Crippen LogP contribution in [0.2, 0.25) is 5.02 Å². The number of aromatic carboxylic acids is 1. The summed E-state index contributed by atoms with van der Waals surface area (Å²) in [6, 6.07) is 10.2. The second-order valence-electron chi connectivity index (χ2n) is 8.39. The lowest BCUT2D eigenvalue weighted by molar-refractivity contribution is -0.137. The molecule has 1 N–H and O–H groups in total. The molecule has 198 valence electrons. The van der Waals surface area contributed by atoms with E-state index < -0.39 is 40.0 Å². The van der Waals surface area contributed by atoms with Gasteiger partial charge in [0.15, 0.2) is 0 Å². The molecule has 0 saturated heterocycles. The molecule has 0 spiro atoms. The Morgan fingerprint density at radius 1 is 1.10 bits per heavy atom. The Labute approximate surface area is 223 Å². The van der Waals surface area contributed by atoms with Crippen molar-refractivity contribution >= 4 is 40.2 Å². The first kappa shape index (κ1) is 27.3. The number of nitrogens with zero attached hydrogens (tertiary/aromatic N) is 5. The maximum absolute atomic E-state index is 15.0. The van der Waals surface area contributed by atoms with Crippen LogP contribution in [0.15, 0.2) is 59.6 Å². The molecule has 0 fully saturated rings. The molecule has 1 heterocycles. The quantitative estimate of drug-likeness (QED) is 0.149. The number of benzene rings is 3. The van der Waals surface area contributed by atoms with Gasteiger partial charge in [0.1, 0.15) is 17.3 Å². The maximum Gasteiger partial charge on any atom is 0.417 e. The zero-order valence-corrected chi connectivity index (χ0v) is 20.8. The fourth-order valence-corrected chi connectivity index (χ4v) is 4.26. The second kappa shape index (κ2) is 10.2. The highest BCUT2D eigenvalue weighted by molar-refractivity contribution is 6.34. The topological polar surface area (TPSA) is 112 Å². The van der Waals surface area contributed by atoms with E-state index in [1.54, 1.807) is 20.3 Å². The van der Waals surface area contributed by atoms with Gasteiger partial charge in [0.05, 0.1) is 27.2 Å². The molecule has 0 aliphatic carbocycles. The van der Waals surface area contributed by atoms with Gasteiger partial charge >= 0.3 is 12.1 Å². The molecule has 39 heavy (non-hydrogen) atoms. The van der Waals surface area contributed by atoms with Crippen molar-refractivity contribution in [3.05, 3.63) is 87.7 Å². The summed E-state index contributed by atoms with van der Waals surface area (Å²) in [5.74, 6) is -3.42. The Morgan fingerprint density at radius 2 is 1.79 bits per heavy atom. The Bertz CT molecular complexity index is 1720. The predicted octanol–water partition coefficient (Wildman–Crippen LogP) is 5.69. The van der Waals surface area contributed by atoms with E-state index in [1.807, 2.05) is 0 Å². The number of fused-ring (bicyclic) bond motifs is 1. The first-order chi connectivity index (χ1) is 18.3. The van der Waals surface area contributed by atoms with Crippen LogP contribution in [0.25, 0.3) is 22.2 Å². The van der Waals surface area contributed by atoms with Crippen LogP contribution in [0, 0.1) is 17.3 Å². The van der Waals surface area contributed by atoms with Gasteiger partial charge in [-0.15, -0.1) is 0 Å². The zero-order chi connectivity index (χ0) is 28.6. The summed E-state index contributed by atoms with van der Waals surface area (Å²) >= 11 is 6.05. The lowest BCUT2D eigenvalue weighted by atomic mass is 10.0. The molecule has 0 atom stereocenters. The van der Waals surface area contributed by atoms with Crippen molar-refractivity contribution in [1.82, 2.24) is 14.7 Å². The van der Waals surface area contributed by atoms with Gasteiger partial charge in [-0.25, -0.2) is 9.18 Å². The van der Waals surface area contributed by atoms with Crippen LogP contribution in [0.5, 0.6) is 0 Å². The monoisotopic (exact) mass is 557 g/mol. The Hall–Kier alpha value is -4.76. The van der Waals surface area contributed by atoms with Crippen LogP contribution in [-0.4, -0.2) is 51.6 Å². The van der Waals surface area contributed by atoms with Crippen molar-refractivity contribution in [2.75, 3.05) is 14.1 Å². The second-order valence-corrected chi connectivity index (χ2v) is 8.79. The van der Waals surface area contributed by atoms with Crippen molar-refractivity contribution < 1.29 is 32.3 Å². The summed E-state index contributed by atoms with van der Waals surface area (Å²) in [4.78, 5) is 30.1. The van der Waals surface area contributed by atoms with E-state index in [2.05, 4.69) is 10.1 Å². The van der Waals surface area contributed by atoms with E-state index in [0.29, 0.717) is 16.3 Å². The molecule has 0 bridgehead atoms. The largest absolute Gasteiger partial charge is 0.478 e. The summed E-state index contributed by atoms with van der Waals surface area (Å²) in [6.45, 7) is 0. The first-order valence-corrected chi connectivity index (χ1v) is 11.3. The van der Waals surface area contributed by atoms with E-state index in [0.717, 1.165) is 30.3 Å². The summed E-state index contributed by atoms with van der Waals surface area (Å²) < 4.78 is 57.1. The van der Waals surface area contributed by atoms with Crippen LogP contribution < -0.4 is 0 Å². The van der Waals surface area contributed by atoms with Crippen molar-refractivity contribution in [3.8, 4) is 17.5 Å². The summed E-state index contributed by atoms with van der Waals surface area (Å²) in [5.41, 5.74) is -2.55. The van der Waals surface area contributed by atoms with Crippen molar-refractivity contribution in [2.45, 2.75) is 6.18 Å². The third kappa shape index (κ3) is 5.04. The number of carbonyl (C=O) groups is 2. The van der Waals surface area contributed by atoms with Crippen molar-refractivity contribution in [3.63, 3.8) is 0 Å². The number of hydrogen-bond donors (Lipinski definition) is 1. The first-order valence-electron chi connectivity index (χ1n) is 11.0. The van der Waals surface area contributed by atoms with Crippen LogP contribution in [0.3, 0.4) is 0 Å². The number of alkyl halides is 3. The van der Waals surface area contributed by atoms with Crippen molar-refractivity contribution in [1.29, 1.82) is 5.26 Å². The van der Waals surface area contributed by atoms with E-state index in [9.17, 15) is 22.8 Å². The minimum Gasteiger partial charge on any atom is -0.478 e. The minimum atomic E-state index is -4.93. The number of rotatable bonds is 4. The molecule has 0 amide bonds. The molecule has 4 aromatic rings. The van der Waals surface area contributed by atoms with Gasteiger partial charge in [0.2, 0.25) is 6.19 Å². The van der Waals surface area contributed by atoms with Crippen LogP contribution in [0.1, 0.15) is 31.8 Å². The SMILES string of the molecule is CN(C)C(=NC#N)c1ccc2c(-c3ccc(C(=O)O)cc3F)nn(C(=O)c3c(Cl)cccc3C(F)(F)F)c2c1. The molecule has 13 heteroatoms. The fraction of sp³-hybridized carbons (Fsp3) is 0.115. The average Bonchev–Trinajstić information content (AvgIpc) is 3.24. The Balaban J connectivity index is 2.05. The fourth-order valence-electron chi connectivity index (χ4n) is 4.00. The smallest absolute Gasteiger partial charge is 0.417 e. The molecule has 0 radical (unpaired) electrons. The molecule has 3 aromatic carbocycles. The standard InChI is InChI=1S/C26H16ClF4N5O3/c1-35(2)23(33-12-32)13-6-9-16-20(11-13)36(24(37)21-17(26(29,30)31)4-3-5-18(21)27)34-22(16)15-8-7-14(25(38)39)10-19(15)28/h3-11H,1-2H3,(H,38,39). The van der Waals surface area contributed by atoms with Crippen LogP contribution >= 0.6 is 11.6 Å². The average molecular weight is 558 g/mol. The van der Waals surface area contributed by atoms with E-state index in [-0.39, 0.29) is 33.6 Å². The van der Waals surface area contributed by atoms with E-state index >= 15 is 4.39 Å². The summed E-state index contributed by atoms with van der Waals surface area (Å²) in [7, 11) is 3.21. The number of nitriles is 1. The number of amidine groups is 1. The minimum absolute atomic E-state index is 0.0326. The van der Waals surface area contributed by atoms with Crippen molar-refractivity contribution in [2.24, 2.45) is 4.99 Å². The Kier molecular flexibility index (Phi) is 7.12. The van der Waals surface area contributed by atoms with Gasteiger partial charge in [0.25, 0.3) is 5.91 Å². The molecule has 1 aromatic heterocycles. The molecular weight excluding hydrogens is 542 g/mol. The van der Waals surface area contributed by atoms with E-state index in [1.165, 1.54) is 23.1 Å². The molecule has 0 unspecified atom stereocenters. The predicted molar refractivity (Wildman–Crippen MR) is 134 cm³/mol. The van der Waals surface area contributed by atoms with Crippen LogP contribution in [0.4, 0.5) is 17.6 Å². The number of aliphatic imine (C=N–C) groups is 1. The van der Waals surface area contributed by atoms with Gasteiger partial charge in [-0.2, -0.15) is 33.2 Å². The highest BCUT2D eigenvalue weighted by atomic mass is 35.5. The number of hydrogen-bond acceptors (Lipinski definition) is 5. The van der Waals surface area contributed by atoms with Gasteiger partial charge in [-0.3, -0.25) is 4.79 Å². The maximum atomic E-state index is 15.0. The normalized spacial score (nSPS) is 11.9. The Morgan fingerprint density at radius 3 is 2.38 bits per heavy atom. The highest BCUT2D eigenvalue weighted by Crippen LogP contribution is 2.37. The summed E-state index contributed by atoms with van der Waals surface area (Å²) in [5, 5.41) is 22.1. The molecule has 8 nitrogen and oxygen atoms in total. The third-order valence-corrected chi connectivity index (χ3v) is 6.03. The number of aromatic nitrogens is 2. The molecular formula is C26H16ClF4N5O3. The highest BCUT2D eigenvalue weighted by Gasteiger charge is 2.37. The summed E-state index contributed by atoms with van der Waals surface area (Å²) in [6.07, 6.45) is -3.27. The molecule has 0 aliphatic heterocycles. The molecule has 0 saturated carbocycles. The lowest BCUT2D eigenvalue weighted by Crippen LogP contribution is -2.23. The zero-order valence-electron chi connectivity index (χ0n) is 20.1. The van der Waals surface area contributed by atoms with Gasteiger partial charge in [-0.05, 0) is 42.5 Å². The van der Waals surface area contributed by atoms with Gasteiger partial charge in [0, 0.05) is 30.6 Å². The van der Waals surface area contributed by atoms with Gasteiger partial charge in [-0.1, -0.05) is 23.7 Å².